The monoisotopic (exact) mass is 301 g/mol. The molecule has 5 nitrogen and oxygen atoms in total. The molecule has 2 heterocycles. The molecule has 0 saturated carbocycles. The molecule has 0 atom stereocenters. The Bertz CT molecular complexity index is 685. The van der Waals surface area contributed by atoms with Crippen LogP contribution in [0.15, 0.2) is 42.5 Å². The summed E-state index contributed by atoms with van der Waals surface area (Å²) >= 11 is 0. The number of aromatic nitrogens is 1. The number of benzene rings is 1. The highest BCUT2D eigenvalue weighted by Crippen LogP contribution is 2.17. The minimum atomic E-state index is -0.504. The summed E-state index contributed by atoms with van der Waals surface area (Å²) in [5.74, 6) is 0.0522. The van der Waals surface area contributed by atoms with Crippen LogP contribution in [0.3, 0.4) is 0 Å². The number of phenols is 1. The Morgan fingerprint density at radius 3 is 2.50 bits per heavy atom. The number of aromatic hydroxyl groups is 1. The highest BCUT2D eigenvalue weighted by molar-refractivity contribution is 5.94. The molecular formula is C16H16FN3O2. The fourth-order valence-electron chi connectivity index (χ4n) is 2.53. The number of piperazine rings is 1. The Morgan fingerprint density at radius 1 is 1.09 bits per heavy atom. The van der Waals surface area contributed by atoms with Gasteiger partial charge in [-0.3, -0.25) is 4.79 Å². The second-order valence-electron chi connectivity index (χ2n) is 5.15. The zero-order chi connectivity index (χ0) is 15.5. The van der Waals surface area contributed by atoms with Gasteiger partial charge in [-0.2, -0.15) is 4.39 Å². The maximum absolute atomic E-state index is 13.2. The van der Waals surface area contributed by atoms with E-state index in [1.165, 1.54) is 18.2 Å². The molecule has 0 bridgehead atoms. The number of amides is 1. The number of halogens is 1. The Kier molecular flexibility index (Phi) is 3.91. The number of hydrogen-bond donors (Lipinski definition) is 1. The first-order chi connectivity index (χ1) is 10.6. The van der Waals surface area contributed by atoms with E-state index in [-0.39, 0.29) is 11.7 Å². The highest BCUT2D eigenvalue weighted by Gasteiger charge is 2.23. The summed E-state index contributed by atoms with van der Waals surface area (Å²) in [4.78, 5) is 19.9. The second-order valence-corrected chi connectivity index (χ2v) is 5.15. The molecule has 0 aliphatic carbocycles. The van der Waals surface area contributed by atoms with Crippen LogP contribution in [-0.2, 0) is 0 Å². The number of hydrogen-bond acceptors (Lipinski definition) is 4. The van der Waals surface area contributed by atoms with Crippen molar-refractivity contribution in [2.24, 2.45) is 0 Å². The van der Waals surface area contributed by atoms with Crippen molar-refractivity contribution < 1.29 is 14.3 Å². The van der Waals surface area contributed by atoms with Gasteiger partial charge >= 0.3 is 0 Å². The summed E-state index contributed by atoms with van der Waals surface area (Å²) in [6, 6.07) is 11.0. The van der Waals surface area contributed by atoms with Crippen LogP contribution in [0.25, 0.3) is 0 Å². The average molecular weight is 301 g/mol. The second kappa shape index (κ2) is 6.01. The van der Waals surface area contributed by atoms with E-state index in [1.54, 1.807) is 29.2 Å². The molecule has 1 aliphatic rings. The minimum absolute atomic E-state index is 0.0773. The van der Waals surface area contributed by atoms with Gasteiger partial charge in [0, 0.05) is 31.7 Å². The smallest absolute Gasteiger partial charge is 0.254 e. The molecule has 2 aromatic rings. The lowest BCUT2D eigenvalue weighted by molar-refractivity contribution is 0.0746. The van der Waals surface area contributed by atoms with Crippen LogP contribution < -0.4 is 4.90 Å². The van der Waals surface area contributed by atoms with Gasteiger partial charge in [0.2, 0.25) is 5.95 Å². The molecule has 0 unspecified atom stereocenters. The molecule has 1 aromatic carbocycles. The fourth-order valence-corrected chi connectivity index (χ4v) is 2.53. The molecule has 1 aromatic heterocycles. The molecule has 1 N–H and O–H groups in total. The molecule has 0 radical (unpaired) electrons. The van der Waals surface area contributed by atoms with Gasteiger partial charge in [-0.25, -0.2) is 4.98 Å². The summed E-state index contributed by atoms with van der Waals surface area (Å²) in [7, 11) is 0. The van der Waals surface area contributed by atoms with E-state index in [0.29, 0.717) is 37.6 Å². The van der Waals surface area contributed by atoms with Crippen LogP contribution in [-0.4, -0.2) is 47.1 Å². The van der Waals surface area contributed by atoms with E-state index in [0.717, 1.165) is 0 Å². The third-order valence-electron chi connectivity index (χ3n) is 3.68. The zero-order valence-corrected chi connectivity index (χ0v) is 11.9. The molecule has 0 spiro atoms. The first-order valence-corrected chi connectivity index (χ1v) is 7.09. The number of rotatable bonds is 2. The molecule has 22 heavy (non-hydrogen) atoms. The topological polar surface area (TPSA) is 56.7 Å². The fraction of sp³-hybridized carbons (Fsp3) is 0.250. The molecule has 3 rings (SSSR count). The van der Waals surface area contributed by atoms with Gasteiger partial charge in [-0.15, -0.1) is 0 Å². The Labute approximate surface area is 127 Å². The average Bonchev–Trinajstić information content (AvgIpc) is 2.54. The molecule has 114 valence electrons. The van der Waals surface area contributed by atoms with Crippen LogP contribution in [0.2, 0.25) is 0 Å². The van der Waals surface area contributed by atoms with E-state index < -0.39 is 5.95 Å². The van der Waals surface area contributed by atoms with Crippen molar-refractivity contribution in [1.82, 2.24) is 9.88 Å². The van der Waals surface area contributed by atoms with Crippen LogP contribution in [0, 0.1) is 5.95 Å². The Hall–Kier alpha value is -2.63. The summed E-state index contributed by atoms with van der Waals surface area (Å²) in [5.41, 5.74) is 0.470. The molecule has 1 fully saturated rings. The number of phenolic OH excluding ortho intramolecular Hbond substituents is 1. The predicted molar refractivity (Wildman–Crippen MR) is 80.4 cm³/mol. The number of anilines is 1. The van der Waals surface area contributed by atoms with Gasteiger partial charge in [0.15, 0.2) is 0 Å². The Morgan fingerprint density at radius 2 is 1.82 bits per heavy atom. The van der Waals surface area contributed by atoms with Crippen LogP contribution in [0.4, 0.5) is 10.2 Å². The zero-order valence-electron chi connectivity index (χ0n) is 11.9. The van der Waals surface area contributed by atoms with Crippen molar-refractivity contribution in [2.45, 2.75) is 0 Å². The van der Waals surface area contributed by atoms with E-state index >= 15 is 0 Å². The van der Waals surface area contributed by atoms with E-state index in [4.69, 9.17) is 0 Å². The first-order valence-electron chi connectivity index (χ1n) is 7.09. The van der Waals surface area contributed by atoms with Crippen molar-refractivity contribution >= 4 is 11.7 Å². The van der Waals surface area contributed by atoms with Crippen molar-refractivity contribution in [3.63, 3.8) is 0 Å². The lowest BCUT2D eigenvalue weighted by Gasteiger charge is -2.35. The summed E-state index contributed by atoms with van der Waals surface area (Å²) < 4.78 is 13.2. The quantitative estimate of drug-likeness (QED) is 0.861. The summed E-state index contributed by atoms with van der Waals surface area (Å²) in [6.45, 7) is 2.27. The van der Waals surface area contributed by atoms with Crippen LogP contribution in [0.5, 0.6) is 5.75 Å². The largest absolute Gasteiger partial charge is 0.508 e. The number of carbonyl (C=O) groups excluding carboxylic acids is 1. The van der Waals surface area contributed by atoms with Crippen molar-refractivity contribution in [2.75, 3.05) is 31.1 Å². The number of pyridine rings is 1. The maximum atomic E-state index is 13.2. The third kappa shape index (κ3) is 3.00. The summed E-state index contributed by atoms with van der Waals surface area (Å²) in [6.07, 6.45) is 0. The lowest BCUT2D eigenvalue weighted by atomic mass is 10.1. The van der Waals surface area contributed by atoms with Crippen molar-refractivity contribution in [3.8, 4) is 5.75 Å². The number of nitrogens with zero attached hydrogens (tertiary/aromatic N) is 3. The highest BCUT2D eigenvalue weighted by atomic mass is 19.1. The van der Waals surface area contributed by atoms with Gasteiger partial charge in [-0.1, -0.05) is 12.1 Å². The van der Waals surface area contributed by atoms with E-state index in [9.17, 15) is 14.3 Å². The van der Waals surface area contributed by atoms with Gasteiger partial charge < -0.3 is 14.9 Å². The normalized spacial score (nSPS) is 15.0. The van der Waals surface area contributed by atoms with Crippen LogP contribution >= 0.6 is 0 Å². The summed E-state index contributed by atoms with van der Waals surface area (Å²) in [5, 5.41) is 9.45. The van der Waals surface area contributed by atoms with Gasteiger partial charge in [0.1, 0.15) is 11.6 Å². The predicted octanol–water partition coefficient (Wildman–Crippen LogP) is 1.89. The molecular weight excluding hydrogens is 285 g/mol. The van der Waals surface area contributed by atoms with E-state index in [2.05, 4.69) is 4.98 Å². The Balaban J connectivity index is 1.65. The third-order valence-corrected chi connectivity index (χ3v) is 3.68. The van der Waals surface area contributed by atoms with Crippen LogP contribution in [0.1, 0.15) is 10.4 Å². The van der Waals surface area contributed by atoms with E-state index in [1.807, 2.05) is 4.90 Å². The van der Waals surface area contributed by atoms with Gasteiger partial charge in [0.05, 0.1) is 0 Å². The molecule has 6 heteroatoms. The molecule has 1 saturated heterocycles. The standard InChI is InChI=1S/C16H16FN3O2/c17-14-5-2-6-15(18-14)19-7-9-20(10-8-19)16(22)12-3-1-4-13(21)11-12/h1-6,11,21H,7-10H2. The van der Waals surface area contributed by atoms with Gasteiger partial charge in [-0.05, 0) is 30.3 Å². The van der Waals surface area contributed by atoms with Crippen molar-refractivity contribution in [1.29, 1.82) is 0 Å². The minimum Gasteiger partial charge on any atom is -0.508 e. The number of carbonyl (C=O) groups is 1. The van der Waals surface area contributed by atoms with Gasteiger partial charge in [0.25, 0.3) is 5.91 Å². The maximum Gasteiger partial charge on any atom is 0.254 e. The SMILES string of the molecule is O=C(c1cccc(O)c1)N1CCN(c2cccc(F)n2)CC1. The lowest BCUT2D eigenvalue weighted by Crippen LogP contribution is -2.49. The molecule has 1 aliphatic heterocycles. The molecule has 1 amide bonds. The first kappa shape index (κ1) is 14.3. The van der Waals surface area contributed by atoms with Crippen molar-refractivity contribution in [3.05, 3.63) is 54.0 Å².